The Morgan fingerprint density at radius 3 is 1.49 bits per heavy atom. The van der Waals surface area contributed by atoms with Crippen LogP contribution in [0.4, 0.5) is 0 Å². The highest BCUT2D eigenvalue weighted by Gasteiger charge is 2.36. The zero-order valence-corrected chi connectivity index (χ0v) is 30.0. The maximum atomic E-state index is 13.3. The second kappa shape index (κ2) is 23.3. The van der Waals surface area contributed by atoms with E-state index in [9.17, 15) is 24.6 Å². The molecule has 0 spiro atoms. The van der Waals surface area contributed by atoms with Gasteiger partial charge in [-0.3, -0.25) is 4.79 Å². The van der Waals surface area contributed by atoms with E-state index in [4.69, 9.17) is 23.7 Å². The predicted octanol–water partition coefficient (Wildman–Crippen LogP) is 6.11. The van der Waals surface area contributed by atoms with Crippen molar-refractivity contribution in [1.82, 2.24) is 0 Å². The Morgan fingerprint density at radius 1 is 0.633 bits per heavy atom. The van der Waals surface area contributed by atoms with Crippen molar-refractivity contribution < 1.29 is 48.3 Å². The maximum Gasteiger partial charge on any atom is 0.330 e. The molecule has 3 saturated carbocycles. The lowest BCUT2D eigenvalue weighted by atomic mass is 9.65. The van der Waals surface area contributed by atoms with Crippen LogP contribution in [0.1, 0.15) is 110 Å². The SMILES string of the molecule is C=CC(=O)OCC(O)COCC(COCC(O)COC(=O)C=C)OC(=O)C1CCC(C2CCC(C3CCC(CCCCC)CC3)CC2)CC1. The first kappa shape index (κ1) is 41.2. The number of ether oxygens (including phenoxy) is 5. The van der Waals surface area contributed by atoms with Crippen LogP contribution in [-0.2, 0) is 38.1 Å². The standard InChI is InChI=1S/C39H64O10/c1-4-7-8-9-28-10-12-29(13-11-28)30-14-16-31(17-15-30)32-18-20-33(21-19-32)39(44)49-36(26-45-22-34(40)24-47-37(42)5-2)27-46-23-35(41)25-48-38(43)6-3/h5-6,28-36,40-41H,2-4,7-27H2,1H3. The average molecular weight is 693 g/mol. The van der Waals surface area contributed by atoms with Crippen molar-refractivity contribution in [1.29, 1.82) is 0 Å². The van der Waals surface area contributed by atoms with E-state index in [1.807, 2.05) is 0 Å². The third-order valence-corrected chi connectivity index (χ3v) is 11.0. The van der Waals surface area contributed by atoms with Crippen LogP contribution in [0.5, 0.6) is 0 Å². The largest absolute Gasteiger partial charge is 0.460 e. The first-order chi connectivity index (χ1) is 23.7. The Bertz CT molecular complexity index is 940. The normalized spacial score (nSPS) is 27.7. The van der Waals surface area contributed by atoms with Gasteiger partial charge < -0.3 is 33.9 Å². The molecule has 2 unspecified atom stereocenters. The van der Waals surface area contributed by atoms with Crippen molar-refractivity contribution in [3.8, 4) is 0 Å². The minimum Gasteiger partial charge on any atom is -0.460 e. The fourth-order valence-corrected chi connectivity index (χ4v) is 8.16. The minimum atomic E-state index is -1.07. The average Bonchev–Trinajstić information content (AvgIpc) is 3.13. The Morgan fingerprint density at radius 2 is 1.06 bits per heavy atom. The zero-order chi connectivity index (χ0) is 35.4. The smallest absolute Gasteiger partial charge is 0.330 e. The van der Waals surface area contributed by atoms with Crippen LogP contribution in [0.25, 0.3) is 0 Å². The molecule has 0 heterocycles. The molecule has 0 bridgehead atoms. The van der Waals surface area contributed by atoms with Crippen LogP contribution in [0, 0.1) is 35.5 Å². The summed E-state index contributed by atoms with van der Waals surface area (Å²) in [7, 11) is 0. The van der Waals surface area contributed by atoms with Crippen LogP contribution in [0.3, 0.4) is 0 Å². The highest BCUT2D eigenvalue weighted by molar-refractivity contribution is 5.81. The fourth-order valence-electron chi connectivity index (χ4n) is 8.16. The molecule has 0 radical (unpaired) electrons. The van der Waals surface area contributed by atoms with E-state index in [1.165, 1.54) is 77.0 Å². The molecular formula is C39H64O10. The van der Waals surface area contributed by atoms with Gasteiger partial charge in [-0.15, -0.1) is 0 Å². The Labute approximate surface area is 294 Å². The van der Waals surface area contributed by atoms with Gasteiger partial charge in [0.15, 0.2) is 0 Å². The summed E-state index contributed by atoms with van der Waals surface area (Å²) in [4.78, 5) is 35.8. The van der Waals surface area contributed by atoms with Crippen molar-refractivity contribution in [3.05, 3.63) is 25.3 Å². The molecule has 0 aromatic heterocycles. The number of rotatable bonds is 22. The minimum absolute atomic E-state index is 0.0567. The van der Waals surface area contributed by atoms with Gasteiger partial charge in [0.1, 0.15) is 31.5 Å². The summed E-state index contributed by atoms with van der Waals surface area (Å²) in [5.74, 6) is 2.49. The van der Waals surface area contributed by atoms with Crippen molar-refractivity contribution >= 4 is 17.9 Å². The van der Waals surface area contributed by atoms with Crippen LogP contribution in [-0.4, -0.2) is 86.1 Å². The monoisotopic (exact) mass is 692 g/mol. The summed E-state index contributed by atoms with van der Waals surface area (Å²) in [6, 6.07) is 0. The fraction of sp³-hybridized carbons (Fsp3) is 0.821. The third kappa shape index (κ3) is 15.7. The molecule has 3 aliphatic rings. The van der Waals surface area contributed by atoms with Gasteiger partial charge in [-0.25, -0.2) is 9.59 Å². The van der Waals surface area contributed by atoms with Crippen LogP contribution in [0.2, 0.25) is 0 Å². The van der Waals surface area contributed by atoms with Crippen molar-refractivity contribution in [2.45, 2.75) is 128 Å². The Kier molecular flexibility index (Phi) is 19.5. The predicted molar refractivity (Wildman–Crippen MR) is 186 cm³/mol. The number of aliphatic hydroxyl groups is 2. The topological polar surface area (TPSA) is 138 Å². The first-order valence-electron chi connectivity index (χ1n) is 19.0. The van der Waals surface area contributed by atoms with Gasteiger partial charge in [0.25, 0.3) is 0 Å². The number of hydrogen-bond acceptors (Lipinski definition) is 10. The lowest BCUT2D eigenvalue weighted by molar-refractivity contribution is -0.165. The highest BCUT2D eigenvalue weighted by Crippen LogP contribution is 2.46. The Balaban J connectivity index is 1.39. The third-order valence-electron chi connectivity index (χ3n) is 11.0. The Hall–Kier alpha value is -2.27. The molecule has 280 valence electrons. The van der Waals surface area contributed by atoms with Gasteiger partial charge in [-0.1, -0.05) is 58.6 Å². The van der Waals surface area contributed by atoms with Gasteiger partial charge in [-0.2, -0.15) is 0 Å². The number of aliphatic hydroxyl groups excluding tert-OH is 2. The van der Waals surface area contributed by atoms with Crippen molar-refractivity contribution in [2.75, 3.05) is 39.6 Å². The number of esters is 3. The summed E-state index contributed by atoms with van der Waals surface area (Å²) >= 11 is 0. The van der Waals surface area contributed by atoms with Gasteiger partial charge >= 0.3 is 17.9 Å². The molecule has 3 aliphatic carbocycles. The molecule has 2 atom stereocenters. The molecule has 0 aromatic carbocycles. The lowest BCUT2D eigenvalue weighted by Crippen LogP contribution is -2.36. The molecule has 0 aromatic rings. The molecule has 3 rings (SSSR count). The molecular weight excluding hydrogens is 628 g/mol. The maximum absolute atomic E-state index is 13.3. The van der Waals surface area contributed by atoms with Crippen LogP contribution in [0.15, 0.2) is 25.3 Å². The zero-order valence-electron chi connectivity index (χ0n) is 30.0. The molecule has 49 heavy (non-hydrogen) atoms. The van der Waals surface area contributed by atoms with Crippen LogP contribution < -0.4 is 0 Å². The second-order valence-corrected chi connectivity index (χ2v) is 14.7. The quantitative estimate of drug-likeness (QED) is 0.0592. The highest BCUT2D eigenvalue weighted by atomic mass is 16.6. The summed E-state index contributed by atoms with van der Waals surface area (Å²) in [5, 5.41) is 20.1. The van der Waals surface area contributed by atoms with Gasteiger partial charge in [0.05, 0.1) is 32.3 Å². The van der Waals surface area contributed by atoms with E-state index < -0.39 is 30.3 Å². The number of carbonyl (C=O) groups excluding carboxylic acids is 3. The summed E-state index contributed by atoms with van der Waals surface area (Å²) in [6.07, 6.45) is 19.5. The molecule has 0 saturated heterocycles. The first-order valence-corrected chi connectivity index (χ1v) is 19.0. The van der Waals surface area contributed by atoms with Gasteiger partial charge in [0.2, 0.25) is 0 Å². The van der Waals surface area contributed by atoms with E-state index in [2.05, 4.69) is 20.1 Å². The molecule has 2 N–H and O–H groups in total. The van der Waals surface area contributed by atoms with E-state index in [0.29, 0.717) is 5.92 Å². The molecule has 0 amide bonds. The second-order valence-electron chi connectivity index (χ2n) is 14.7. The molecule has 0 aliphatic heterocycles. The van der Waals surface area contributed by atoms with E-state index >= 15 is 0 Å². The number of hydrogen-bond donors (Lipinski definition) is 2. The number of unbranched alkanes of at least 4 members (excludes halogenated alkanes) is 2. The van der Waals surface area contributed by atoms with E-state index in [0.717, 1.165) is 61.5 Å². The molecule has 10 nitrogen and oxygen atoms in total. The summed E-state index contributed by atoms with van der Waals surface area (Å²) in [5.41, 5.74) is 0. The van der Waals surface area contributed by atoms with E-state index in [1.54, 1.807) is 0 Å². The summed E-state index contributed by atoms with van der Waals surface area (Å²) in [6.45, 7) is 8.00. The van der Waals surface area contributed by atoms with E-state index in [-0.39, 0.29) is 51.5 Å². The summed E-state index contributed by atoms with van der Waals surface area (Å²) < 4.78 is 26.6. The van der Waals surface area contributed by atoms with Gasteiger partial charge in [0, 0.05) is 12.2 Å². The van der Waals surface area contributed by atoms with Crippen molar-refractivity contribution in [2.24, 2.45) is 35.5 Å². The van der Waals surface area contributed by atoms with Crippen molar-refractivity contribution in [3.63, 3.8) is 0 Å². The lowest BCUT2D eigenvalue weighted by Gasteiger charge is -2.41. The molecule has 10 heteroatoms. The number of carbonyl (C=O) groups is 3. The van der Waals surface area contributed by atoms with Gasteiger partial charge in [-0.05, 0) is 93.8 Å². The molecule has 3 fully saturated rings. The van der Waals surface area contributed by atoms with Crippen LogP contribution >= 0.6 is 0 Å².